The van der Waals surface area contributed by atoms with Gasteiger partial charge in [0.15, 0.2) is 0 Å². The van der Waals surface area contributed by atoms with Crippen LogP contribution in [-0.2, 0) is 14.8 Å². The molecule has 18 heavy (non-hydrogen) atoms. The highest BCUT2D eigenvalue weighted by Crippen LogP contribution is 2.19. The van der Waals surface area contributed by atoms with Crippen LogP contribution >= 0.6 is 0 Å². The average molecular weight is 270 g/mol. The molecule has 6 heteroatoms. The number of hydrogen-bond donors (Lipinski definition) is 2. The van der Waals surface area contributed by atoms with E-state index in [0.29, 0.717) is 11.3 Å². The fourth-order valence-electron chi connectivity index (χ4n) is 1.51. The van der Waals surface area contributed by atoms with Gasteiger partial charge < -0.3 is 5.32 Å². The third kappa shape index (κ3) is 3.82. The van der Waals surface area contributed by atoms with Crippen molar-refractivity contribution in [1.29, 1.82) is 0 Å². The van der Waals surface area contributed by atoms with Crippen LogP contribution in [0, 0.1) is 6.92 Å². The highest BCUT2D eigenvalue weighted by molar-refractivity contribution is 7.89. The van der Waals surface area contributed by atoms with Crippen molar-refractivity contribution in [3.8, 4) is 0 Å². The SMILES string of the molecule is CC(=O)Nc1ccc(S(=O)(=O)NC(C)C)cc1C. The minimum absolute atomic E-state index is 0.162. The van der Waals surface area contributed by atoms with Gasteiger partial charge in [0.25, 0.3) is 0 Å². The van der Waals surface area contributed by atoms with Crippen LogP contribution in [0.25, 0.3) is 0 Å². The van der Waals surface area contributed by atoms with Gasteiger partial charge in [0.2, 0.25) is 15.9 Å². The minimum Gasteiger partial charge on any atom is -0.326 e. The van der Waals surface area contributed by atoms with Crippen LogP contribution in [0.5, 0.6) is 0 Å². The molecule has 1 rings (SSSR count). The Balaban J connectivity index is 3.08. The average Bonchev–Trinajstić information content (AvgIpc) is 2.18. The van der Waals surface area contributed by atoms with Crippen molar-refractivity contribution in [2.75, 3.05) is 5.32 Å². The Kier molecular flexibility index (Phi) is 4.48. The smallest absolute Gasteiger partial charge is 0.240 e. The Morgan fingerprint density at radius 3 is 2.33 bits per heavy atom. The normalized spacial score (nSPS) is 11.6. The van der Waals surface area contributed by atoms with Crippen molar-refractivity contribution >= 4 is 21.6 Å². The van der Waals surface area contributed by atoms with Crippen molar-refractivity contribution in [3.05, 3.63) is 23.8 Å². The first-order chi connectivity index (χ1) is 8.22. The molecule has 0 spiro atoms. The summed E-state index contributed by atoms with van der Waals surface area (Å²) in [4.78, 5) is 11.1. The molecule has 0 heterocycles. The predicted molar refractivity (Wildman–Crippen MR) is 70.9 cm³/mol. The Bertz CT molecular complexity index is 550. The van der Waals surface area contributed by atoms with Gasteiger partial charge in [-0.1, -0.05) is 0 Å². The number of carbonyl (C=O) groups is 1. The van der Waals surface area contributed by atoms with Crippen LogP contribution < -0.4 is 10.0 Å². The van der Waals surface area contributed by atoms with Crippen LogP contribution in [0.15, 0.2) is 23.1 Å². The summed E-state index contributed by atoms with van der Waals surface area (Å²) in [7, 11) is -3.49. The highest BCUT2D eigenvalue weighted by Gasteiger charge is 2.16. The van der Waals surface area contributed by atoms with Crippen LogP contribution in [0.2, 0.25) is 0 Å². The number of nitrogens with one attached hydrogen (secondary N) is 2. The molecule has 0 bridgehead atoms. The topological polar surface area (TPSA) is 75.3 Å². The van der Waals surface area contributed by atoms with Gasteiger partial charge in [-0.2, -0.15) is 0 Å². The maximum absolute atomic E-state index is 11.9. The molecule has 0 aliphatic rings. The second-order valence-electron chi connectivity index (χ2n) is 4.43. The van der Waals surface area contributed by atoms with E-state index < -0.39 is 10.0 Å². The van der Waals surface area contributed by atoms with Crippen molar-refractivity contribution in [1.82, 2.24) is 4.72 Å². The summed E-state index contributed by atoms with van der Waals surface area (Å²) >= 11 is 0. The van der Waals surface area contributed by atoms with Gasteiger partial charge in [0.05, 0.1) is 4.90 Å². The molecule has 0 fully saturated rings. The van der Waals surface area contributed by atoms with E-state index in [9.17, 15) is 13.2 Å². The summed E-state index contributed by atoms with van der Waals surface area (Å²) in [6, 6.07) is 4.44. The van der Waals surface area contributed by atoms with Gasteiger partial charge in [-0.05, 0) is 44.5 Å². The van der Waals surface area contributed by atoms with E-state index >= 15 is 0 Å². The van der Waals surface area contributed by atoms with Gasteiger partial charge in [-0.15, -0.1) is 0 Å². The first-order valence-corrected chi connectivity index (χ1v) is 7.11. The predicted octanol–water partition coefficient (Wildman–Crippen LogP) is 1.64. The summed E-state index contributed by atoms with van der Waals surface area (Å²) in [6.07, 6.45) is 0. The number of amides is 1. The van der Waals surface area contributed by atoms with Gasteiger partial charge in [0.1, 0.15) is 0 Å². The van der Waals surface area contributed by atoms with E-state index in [4.69, 9.17) is 0 Å². The lowest BCUT2D eigenvalue weighted by molar-refractivity contribution is -0.114. The van der Waals surface area contributed by atoms with Crippen LogP contribution in [0.3, 0.4) is 0 Å². The molecule has 0 saturated heterocycles. The van der Waals surface area contributed by atoms with Gasteiger partial charge in [-0.3, -0.25) is 4.79 Å². The quantitative estimate of drug-likeness (QED) is 0.873. The molecule has 0 unspecified atom stereocenters. The lowest BCUT2D eigenvalue weighted by atomic mass is 10.2. The molecular formula is C12H18N2O3S. The Morgan fingerprint density at radius 2 is 1.89 bits per heavy atom. The van der Waals surface area contributed by atoms with E-state index in [-0.39, 0.29) is 16.8 Å². The van der Waals surface area contributed by atoms with E-state index in [1.807, 2.05) is 0 Å². The highest BCUT2D eigenvalue weighted by atomic mass is 32.2. The molecule has 0 aromatic heterocycles. The molecule has 0 aliphatic heterocycles. The van der Waals surface area contributed by atoms with Crippen molar-refractivity contribution in [3.63, 3.8) is 0 Å². The molecule has 0 radical (unpaired) electrons. The maximum atomic E-state index is 11.9. The van der Waals surface area contributed by atoms with Crippen LogP contribution in [0.1, 0.15) is 26.3 Å². The lowest BCUT2D eigenvalue weighted by Gasteiger charge is -2.12. The van der Waals surface area contributed by atoms with Crippen LogP contribution in [-0.4, -0.2) is 20.4 Å². The molecule has 0 atom stereocenters. The van der Waals surface area contributed by atoms with Gasteiger partial charge in [-0.25, -0.2) is 13.1 Å². The molecule has 5 nitrogen and oxygen atoms in total. The number of hydrogen-bond acceptors (Lipinski definition) is 3. The number of anilines is 1. The zero-order valence-corrected chi connectivity index (χ0v) is 11.8. The largest absolute Gasteiger partial charge is 0.326 e. The van der Waals surface area contributed by atoms with Gasteiger partial charge in [0, 0.05) is 18.7 Å². The second-order valence-corrected chi connectivity index (χ2v) is 6.15. The molecule has 0 saturated carbocycles. The Hall–Kier alpha value is -1.40. The summed E-state index contributed by atoms with van der Waals surface area (Å²) in [6.45, 7) is 6.68. The number of aryl methyl sites for hydroxylation is 1. The number of sulfonamides is 1. The van der Waals surface area contributed by atoms with E-state index in [1.54, 1.807) is 26.8 Å². The molecule has 2 N–H and O–H groups in total. The summed E-state index contributed by atoms with van der Waals surface area (Å²) in [5.74, 6) is -0.186. The fourth-order valence-corrected chi connectivity index (χ4v) is 2.85. The summed E-state index contributed by atoms with van der Waals surface area (Å²) in [5.41, 5.74) is 1.32. The lowest BCUT2D eigenvalue weighted by Crippen LogP contribution is -2.30. The Morgan fingerprint density at radius 1 is 1.28 bits per heavy atom. The van der Waals surface area contributed by atoms with Crippen molar-refractivity contribution in [2.45, 2.75) is 38.6 Å². The minimum atomic E-state index is -3.49. The first-order valence-electron chi connectivity index (χ1n) is 5.63. The van der Waals surface area contributed by atoms with Gasteiger partial charge >= 0.3 is 0 Å². The van der Waals surface area contributed by atoms with E-state index in [1.165, 1.54) is 19.1 Å². The molecular weight excluding hydrogens is 252 g/mol. The van der Waals surface area contributed by atoms with E-state index in [2.05, 4.69) is 10.0 Å². The number of carbonyl (C=O) groups excluding carboxylic acids is 1. The molecule has 1 aromatic rings. The standard InChI is InChI=1S/C12H18N2O3S/c1-8(2)14-18(16,17)11-5-6-12(9(3)7-11)13-10(4)15/h5-8,14H,1-4H3,(H,13,15). The zero-order chi connectivity index (χ0) is 13.9. The number of rotatable bonds is 4. The van der Waals surface area contributed by atoms with E-state index in [0.717, 1.165) is 0 Å². The fraction of sp³-hybridized carbons (Fsp3) is 0.417. The first kappa shape index (κ1) is 14.7. The zero-order valence-electron chi connectivity index (χ0n) is 10.9. The number of benzene rings is 1. The van der Waals surface area contributed by atoms with Crippen molar-refractivity contribution in [2.24, 2.45) is 0 Å². The third-order valence-corrected chi connectivity index (χ3v) is 3.87. The van der Waals surface area contributed by atoms with Crippen molar-refractivity contribution < 1.29 is 13.2 Å². The Labute approximate surface area is 108 Å². The summed E-state index contributed by atoms with van der Waals surface area (Å²) in [5, 5.41) is 2.64. The second kappa shape index (κ2) is 5.49. The molecule has 0 aliphatic carbocycles. The molecule has 1 amide bonds. The monoisotopic (exact) mass is 270 g/mol. The molecule has 100 valence electrons. The maximum Gasteiger partial charge on any atom is 0.240 e. The van der Waals surface area contributed by atoms with Crippen LogP contribution in [0.4, 0.5) is 5.69 Å². The summed E-state index contributed by atoms with van der Waals surface area (Å²) < 4.78 is 26.4. The third-order valence-electron chi connectivity index (χ3n) is 2.21. The molecule has 1 aromatic carbocycles.